The molecule has 1 saturated heterocycles. The number of unbranched alkanes of at least 4 members (excludes halogenated alkanes) is 2. The third-order valence-electron chi connectivity index (χ3n) is 2.18. The molecule has 0 aliphatic carbocycles. The highest BCUT2D eigenvalue weighted by atomic mass is 35.7. The van der Waals surface area contributed by atoms with Crippen molar-refractivity contribution in [3.05, 3.63) is 0 Å². The van der Waals surface area contributed by atoms with Gasteiger partial charge in [-0.2, -0.15) is 5.06 Å². The van der Waals surface area contributed by atoms with Gasteiger partial charge in [0.25, 0.3) is 0 Å². The molecule has 0 aromatic rings. The molecule has 1 aliphatic heterocycles. The van der Waals surface area contributed by atoms with Crippen LogP contribution in [0.15, 0.2) is 0 Å². The summed E-state index contributed by atoms with van der Waals surface area (Å²) in [6.07, 6.45) is 2.97. The van der Waals surface area contributed by atoms with Gasteiger partial charge in [-0.25, -0.2) is 9.19 Å². The molecule has 1 fully saturated rings. The van der Waals surface area contributed by atoms with Crippen molar-refractivity contribution in [2.75, 3.05) is 32.9 Å². The quantitative estimate of drug-likeness (QED) is 0.526. The number of halogens is 1. The Balaban J connectivity index is 2.19. The molecule has 0 bridgehead atoms. The van der Waals surface area contributed by atoms with Crippen molar-refractivity contribution in [1.82, 2.24) is 5.06 Å². The highest BCUT2D eigenvalue weighted by molar-refractivity contribution is 7.81. The Kier molecular flexibility index (Phi) is 6.89. The number of nitrogens with zero attached hydrogens (tertiary/aromatic N) is 1. The Morgan fingerprint density at radius 2 is 2.06 bits per heavy atom. The van der Waals surface area contributed by atoms with E-state index in [0.29, 0.717) is 32.9 Å². The summed E-state index contributed by atoms with van der Waals surface area (Å²) in [5.74, 6) is 0. The van der Waals surface area contributed by atoms with Crippen LogP contribution in [0.25, 0.3) is 0 Å². The van der Waals surface area contributed by atoms with Crippen LogP contribution in [0.5, 0.6) is 0 Å². The van der Waals surface area contributed by atoms with Gasteiger partial charge in [0.15, 0.2) is 0 Å². The summed E-state index contributed by atoms with van der Waals surface area (Å²) in [7, 11) is 0. The molecule has 7 heteroatoms. The number of ether oxygens (including phenoxy) is 1. The first-order valence-corrected chi connectivity index (χ1v) is 8.05. The lowest BCUT2D eigenvalue weighted by Crippen LogP contribution is -2.35. The molecule has 1 rings (SSSR count). The van der Waals surface area contributed by atoms with Crippen molar-refractivity contribution in [2.24, 2.45) is 0 Å². The minimum atomic E-state index is -3.46. The molecule has 0 aromatic heterocycles. The summed E-state index contributed by atoms with van der Waals surface area (Å²) in [6.45, 7) is 1.26. The van der Waals surface area contributed by atoms with E-state index < -0.39 is 6.95 Å². The minimum Gasteiger partial charge on any atom is -0.379 e. The van der Waals surface area contributed by atoms with Crippen molar-refractivity contribution >= 4 is 18.2 Å². The maximum Gasteiger partial charge on any atom is 0.440 e. The van der Waals surface area contributed by atoms with Crippen molar-refractivity contribution in [2.45, 2.75) is 26.2 Å². The van der Waals surface area contributed by atoms with Gasteiger partial charge in [-0.1, -0.05) is 19.8 Å². The van der Waals surface area contributed by atoms with E-state index in [1.54, 1.807) is 0 Å². The SMILES string of the molecule is CCCCCOP(=O)(Cl)ON1CCOCC1. The van der Waals surface area contributed by atoms with E-state index in [1.165, 1.54) is 5.06 Å². The number of morpholine rings is 1. The third kappa shape index (κ3) is 6.18. The van der Waals surface area contributed by atoms with Crippen molar-refractivity contribution < 1.29 is 18.5 Å². The number of hydroxylamine groups is 2. The zero-order chi connectivity index (χ0) is 11.9. The second-order valence-corrected chi connectivity index (χ2v) is 6.12. The van der Waals surface area contributed by atoms with E-state index in [9.17, 15) is 4.57 Å². The van der Waals surface area contributed by atoms with Gasteiger partial charge in [0, 0.05) is 24.3 Å². The van der Waals surface area contributed by atoms with E-state index in [4.69, 9.17) is 25.1 Å². The van der Waals surface area contributed by atoms with Gasteiger partial charge < -0.3 is 4.74 Å². The van der Waals surface area contributed by atoms with Gasteiger partial charge in [0.05, 0.1) is 19.8 Å². The second-order valence-electron chi connectivity index (χ2n) is 3.59. The van der Waals surface area contributed by atoms with Crippen LogP contribution in [0.1, 0.15) is 26.2 Å². The van der Waals surface area contributed by atoms with Gasteiger partial charge in [-0.05, 0) is 6.42 Å². The predicted octanol–water partition coefficient (Wildman–Crippen LogP) is 2.80. The molecule has 0 amide bonds. The monoisotopic (exact) mass is 271 g/mol. The van der Waals surface area contributed by atoms with Crippen LogP contribution in [0.3, 0.4) is 0 Å². The Morgan fingerprint density at radius 3 is 2.69 bits per heavy atom. The van der Waals surface area contributed by atoms with Crippen molar-refractivity contribution in [1.29, 1.82) is 0 Å². The van der Waals surface area contributed by atoms with E-state index >= 15 is 0 Å². The third-order valence-corrected chi connectivity index (χ3v) is 3.57. The Bertz CT molecular complexity index is 236. The summed E-state index contributed by atoms with van der Waals surface area (Å²) in [6, 6.07) is 0. The molecule has 1 aliphatic rings. The first-order valence-electron chi connectivity index (χ1n) is 5.60. The van der Waals surface area contributed by atoms with Crippen LogP contribution in [0.4, 0.5) is 0 Å². The zero-order valence-electron chi connectivity index (χ0n) is 9.56. The van der Waals surface area contributed by atoms with Crippen LogP contribution in [-0.4, -0.2) is 38.0 Å². The standard InChI is InChI=1S/C9H19ClNO4P/c1-2-3-4-7-14-16(10,12)15-11-5-8-13-9-6-11/h2-9H2,1H3. The molecule has 96 valence electrons. The molecular formula is C9H19ClNO4P. The van der Waals surface area contributed by atoms with E-state index in [1.807, 2.05) is 0 Å². The van der Waals surface area contributed by atoms with Gasteiger partial charge in [-0.15, -0.1) is 0 Å². The average Bonchev–Trinajstić information content (AvgIpc) is 2.25. The van der Waals surface area contributed by atoms with Crippen LogP contribution < -0.4 is 0 Å². The summed E-state index contributed by atoms with van der Waals surface area (Å²) < 4.78 is 27.0. The fraction of sp³-hybridized carbons (Fsp3) is 1.00. The summed E-state index contributed by atoms with van der Waals surface area (Å²) in [4.78, 5) is 0. The van der Waals surface area contributed by atoms with E-state index in [-0.39, 0.29) is 0 Å². The molecule has 16 heavy (non-hydrogen) atoms. The van der Waals surface area contributed by atoms with Crippen LogP contribution in [-0.2, 0) is 18.5 Å². The van der Waals surface area contributed by atoms with Crippen molar-refractivity contribution in [3.8, 4) is 0 Å². The first kappa shape index (κ1) is 14.4. The molecule has 0 aromatic carbocycles. The van der Waals surface area contributed by atoms with Crippen LogP contribution >= 0.6 is 18.2 Å². The zero-order valence-corrected chi connectivity index (χ0v) is 11.2. The number of hydrogen-bond acceptors (Lipinski definition) is 5. The molecule has 5 nitrogen and oxygen atoms in total. The largest absolute Gasteiger partial charge is 0.440 e. The highest BCUT2D eigenvalue weighted by Gasteiger charge is 2.26. The predicted molar refractivity (Wildman–Crippen MR) is 62.4 cm³/mol. The van der Waals surface area contributed by atoms with Crippen LogP contribution in [0, 0.1) is 0 Å². The second kappa shape index (κ2) is 7.64. The molecule has 0 saturated carbocycles. The van der Waals surface area contributed by atoms with Gasteiger partial charge >= 0.3 is 6.95 Å². The minimum absolute atomic E-state index is 0.374. The maximum absolute atomic E-state index is 11.7. The smallest absolute Gasteiger partial charge is 0.379 e. The highest BCUT2D eigenvalue weighted by Crippen LogP contribution is 2.54. The number of rotatable bonds is 7. The van der Waals surface area contributed by atoms with Gasteiger partial charge in [-0.3, -0.25) is 4.52 Å². The number of hydrogen-bond donors (Lipinski definition) is 0. The van der Waals surface area contributed by atoms with E-state index in [0.717, 1.165) is 19.3 Å². The summed E-state index contributed by atoms with van der Waals surface area (Å²) in [5.41, 5.74) is 0. The van der Waals surface area contributed by atoms with E-state index in [2.05, 4.69) is 6.92 Å². The van der Waals surface area contributed by atoms with Gasteiger partial charge in [0.2, 0.25) is 0 Å². The average molecular weight is 272 g/mol. The molecule has 1 unspecified atom stereocenters. The Hall–Kier alpha value is 0.360. The lowest BCUT2D eigenvalue weighted by Gasteiger charge is -2.26. The topological polar surface area (TPSA) is 48.0 Å². The first-order chi connectivity index (χ1) is 7.64. The summed E-state index contributed by atoms with van der Waals surface area (Å²) >= 11 is 5.68. The summed E-state index contributed by atoms with van der Waals surface area (Å²) in [5, 5.41) is 1.54. The Labute approximate surface area is 101 Å². The molecule has 0 N–H and O–H groups in total. The molecule has 1 heterocycles. The fourth-order valence-corrected chi connectivity index (χ4v) is 2.62. The Morgan fingerprint density at radius 1 is 1.38 bits per heavy atom. The molecular weight excluding hydrogens is 253 g/mol. The molecule has 0 spiro atoms. The lowest BCUT2D eigenvalue weighted by molar-refractivity contribution is -0.123. The maximum atomic E-state index is 11.7. The fourth-order valence-electron chi connectivity index (χ4n) is 1.32. The van der Waals surface area contributed by atoms with Crippen molar-refractivity contribution in [3.63, 3.8) is 0 Å². The lowest BCUT2D eigenvalue weighted by atomic mass is 10.3. The normalized spacial score (nSPS) is 21.9. The van der Waals surface area contributed by atoms with Gasteiger partial charge in [0.1, 0.15) is 0 Å². The molecule has 0 radical (unpaired) electrons. The van der Waals surface area contributed by atoms with Crippen LogP contribution in [0.2, 0.25) is 0 Å². The molecule has 1 atom stereocenters.